The number of anilines is 1. The van der Waals surface area contributed by atoms with Crippen LogP contribution >= 0.6 is 11.8 Å². The van der Waals surface area contributed by atoms with Crippen LogP contribution in [0.3, 0.4) is 0 Å². The van der Waals surface area contributed by atoms with E-state index in [0.29, 0.717) is 0 Å². The Kier molecular flexibility index (Phi) is 6.09. The van der Waals surface area contributed by atoms with Crippen LogP contribution in [0.4, 0.5) is 5.95 Å². The number of hydrogen-bond acceptors (Lipinski definition) is 6. The third kappa shape index (κ3) is 4.22. The molecule has 0 atom stereocenters. The van der Waals surface area contributed by atoms with Crippen molar-refractivity contribution in [1.29, 1.82) is 0 Å². The van der Waals surface area contributed by atoms with Gasteiger partial charge in [-0.25, -0.2) is 0 Å². The lowest BCUT2D eigenvalue weighted by atomic mass is 10.1. The number of morpholine rings is 1. The van der Waals surface area contributed by atoms with E-state index in [1.54, 1.807) is 0 Å². The summed E-state index contributed by atoms with van der Waals surface area (Å²) in [6.07, 6.45) is 4.06. The molecule has 0 N–H and O–H groups in total. The van der Waals surface area contributed by atoms with E-state index in [9.17, 15) is 0 Å². The number of nitrogens with zero attached hydrogens (tertiary/aromatic N) is 5. The van der Waals surface area contributed by atoms with E-state index in [2.05, 4.69) is 48.8 Å². The molecule has 0 bridgehead atoms. The topological polar surface area (TPSA) is 46.4 Å². The van der Waals surface area contributed by atoms with Gasteiger partial charge in [0.25, 0.3) is 0 Å². The van der Waals surface area contributed by atoms with E-state index in [-0.39, 0.29) is 0 Å². The van der Waals surface area contributed by atoms with Gasteiger partial charge in [0.15, 0.2) is 5.16 Å². The Morgan fingerprint density at radius 3 is 2.46 bits per heavy atom. The van der Waals surface area contributed by atoms with Gasteiger partial charge in [-0.3, -0.25) is 4.57 Å². The lowest BCUT2D eigenvalue weighted by Gasteiger charge is -2.28. The largest absolute Gasteiger partial charge is 0.378 e. The molecule has 0 spiro atoms. The van der Waals surface area contributed by atoms with E-state index in [1.807, 2.05) is 17.8 Å². The first-order valence-electron chi connectivity index (χ1n) is 9.60. The standard InChI is InChI=1S/C19H27N5OS/c1-3-7-17(8-4-1)24-18(23-11-14-25-15-12-23)20-21-19(24)26-16-13-22-9-5-2-6-10-22/h1,3-4,7-8H,2,5-6,9-16H2. The van der Waals surface area contributed by atoms with Crippen molar-refractivity contribution in [3.8, 4) is 5.69 Å². The molecule has 2 aliphatic rings. The van der Waals surface area contributed by atoms with E-state index in [4.69, 9.17) is 4.74 Å². The van der Waals surface area contributed by atoms with Gasteiger partial charge in [-0.1, -0.05) is 36.4 Å². The number of likely N-dealkylation sites (tertiary alicyclic amines) is 1. The number of benzene rings is 1. The van der Waals surface area contributed by atoms with Gasteiger partial charge < -0.3 is 14.5 Å². The van der Waals surface area contributed by atoms with Gasteiger partial charge in [0, 0.05) is 25.4 Å². The maximum atomic E-state index is 5.50. The summed E-state index contributed by atoms with van der Waals surface area (Å²) in [5.74, 6) is 1.98. The highest BCUT2D eigenvalue weighted by atomic mass is 32.2. The summed E-state index contributed by atoms with van der Waals surface area (Å²) >= 11 is 1.81. The van der Waals surface area contributed by atoms with Gasteiger partial charge in [-0.2, -0.15) is 0 Å². The molecule has 26 heavy (non-hydrogen) atoms. The lowest BCUT2D eigenvalue weighted by molar-refractivity contribution is 0.122. The average Bonchev–Trinajstić information content (AvgIpc) is 3.14. The number of piperidine rings is 1. The summed E-state index contributed by atoms with van der Waals surface area (Å²) in [4.78, 5) is 4.85. The zero-order chi connectivity index (χ0) is 17.6. The Hall–Kier alpha value is -1.57. The van der Waals surface area contributed by atoms with Gasteiger partial charge >= 0.3 is 0 Å². The maximum Gasteiger partial charge on any atom is 0.232 e. The van der Waals surface area contributed by atoms with Gasteiger partial charge in [0.1, 0.15) is 0 Å². The Balaban J connectivity index is 1.50. The predicted octanol–water partition coefficient (Wildman–Crippen LogP) is 2.68. The Morgan fingerprint density at radius 2 is 1.69 bits per heavy atom. The molecular formula is C19H27N5OS. The minimum absolute atomic E-state index is 0.749. The average molecular weight is 374 g/mol. The summed E-state index contributed by atoms with van der Waals surface area (Å²) in [5, 5.41) is 10.0. The molecule has 2 aromatic rings. The Morgan fingerprint density at radius 1 is 0.923 bits per heavy atom. The van der Waals surface area contributed by atoms with E-state index < -0.39 is 0 Å². The van der Waals surface area contributed by atoms with Gasteiger partial charge in [-0.15, -0.1) is 10.2 Å². The number of para-hydroxylation sites is 1. The second-order valence-electron chi connectivity index (χ2n) is 6.80. The van der Waals surface area contributed by atoms with Crippen LogP contribution in [0.5, 0.6) is 0 Å². The summed E-state index contributed by atoms with van der Waals surface area (Å²) in [6, 6.07) is 10.4. The monoisotopic (exact) mass is 373 g/mol. The zero-order valence-electron chi connectivity index (χ0n) is 15.2. The summed E-state index contributed by atoms with van der Waals surface area (Å²) < 4.78 is 7.70. The van der Waals surface area contributed by atoms with Crippen molar-refractivity contribution in [3.63, 3.8) is 0 Å². The fourth-order valence-corrected chi connectivity index (χ4v) is 4.52. The highest BCUT2D eigenvalue weighted by molar-refractivity contribution is 7.99. The number of thioether (sulfide) groups is 1. The molecular weight excluding hydrogens is 346 g/mol. The van der Waals surface area contributed by atoms with Crippen LogP contribution in [-0.2, 0) is 4.74 Å². The second kappa shape index (κ2) is 8.88. The molecule has 4 rings (SSSR count). The second-order valence-corrected chi connectivity index (χ2v) is 7.87. The predicted molar refractivity (Wildman–Crippen MR) is 105 cm³/mol. The first kappa shape index (κ1) is 17.8. The number of hydrogen-bond donors (Lipinski definition) is 0. The maximum absolute atomic E-state index is 5.50. The van der Waals surface area contributed by atoms with Crippen molar-refractivity contribution in [2.24, 2.45) is 0 Å². The van der Waals surface area contributed by atoms with Crippen molar-refractivity contribution in [1.82, 2.24) is 19.7 Å². The van der Waals surface area contributed by atoms with Crippen LogP contribution in [0.1, 0.15) is 19.3 Å². The smallest absolute Gasteiger partial charge is 0.232 e. The number of aromatic nitrogens is 3. The molecule has 0 amide bonds. The van der Waals surface area contributed by atoms with Crippen LogP contribution in [0.25, 0.3) is 5.69 Å². The molecule has 1 aromatic heterocycles. The Labute approximate surface area is 159 Å². The van der Waals surface area contributed by atoms with Crippen molar-refractivity contribution < 1.29 is 4.74 Å². The fourth-order valence-electron chi connectivity index (χ4n) is 3.58. The normalized spacial score (nSPS) is 19.0. The van der Waals surface area contributed by atoms with Crippen LogP contribution in [0.15, 0.2) is 35.5 Å². The molecule has 2 fully saturated rings. The van der Waals surface area contributed by atoms with Crippen molar-refractivity contribution >= 4 is 17.7 Å². The minimum atomic E-state index is 0.749. The van der Waals surface area contributed by atoms with Crippen LogP contribution in [0, 0.1) is 0 Å². The first-order valence-corrected chi connectivity index (χ1v) is 10.6. The molecule has 0 saturated carbocycles. The Bertz CT molecular complexity index is 680. The number of ether oxygens (including phenoxy) is 1. The van der Waals surface area contributed by atoms with Gasteiger partial charge in [0.2, 0.25) is 5.95 Å². The molecule has 2 aliphatic heterocycles. The van der Waals surface area contributed by atoms with Crippen LogP contribution < -0.4 is 4.90 Å². The molecule has 2 saturated heterocycles. The highest BCUT2D eigenvalue weighted by Gasteiger charge is 2.22. The SMILES string of the molecule is c1ccc(-n2c(SCCN3CCCCC3)nnc2N2CCOCC2)cc1. The molecule has 0 unspecified atom stereocenters. The summed E-state index contributed by atoms with van der Waals surface area (Å²) in [5.41, 5.74) is 1.12. The fraction of sp³-hybridized carbons (Fsp3) is 0.579. The van der Waals surface area contributed by atoms with Crippen LogP contribution in [0.2, 0.25) is 0 Å². The lowest BCUT2D eigenvalue weighted by Crippen LogP contribution is -2.37. The third-order valence-electron chi connectivity index (χ3n) is 5.01. The third-order valence-corrected chi connectivity index (χ3v) is 5.92. The summed E-state index contributed by atoms with van der Waals surface area (Å²) in [6.45, 7) is 6.83. The van der Waals surface area contributed by atoms with E-state index in [0.717, 1.165) is 55.4 Å². The van der Waals surface area contributed by atoms with E-state index in [1.165, 1.54) is 32.4 Å². The molecule has 140 valence electrons. The quantitative estimate of drug-likeness (QED) is 0.726. The van der Waals surface area contributed by atoms with Crippen molar-refractivity contribution in [2.45, 2.75) is 24.4 Å². The molecule has 6 nitrogen and oxygen atoms in total. The van der Waals surface area contributed by atoms with Gasteiger partial charge in [0.05, 0.1) is 18.9 Å². The molecule has 3 heterocycles. The molecule has 0 radical (unpaired) electrons. The molecule has 7 heteroatoms. The zero-order valence-corrected chi connectivity index (χ0v) is 16.0. The van der Waals surface area contributed by atoms with Crippen molar-refractivity contribution in [3.05, 3.63) is 30.3 Å². The van der Waals surface area contributed by atoms with Crippen LogP contribution in [-0.4, -0.2) is 71.4 Å². The molecule has 1 aromatic carbocycles. The summed E-state index contributed by atoms with van der Waals surface area (Å²) in [7, 11) is 0. The minimum Gasteiger partial charge on any atom is -0.378 e. The van der Waals surface area contributed by atoms with E-state index >= 15 is 0 Å². The van der Waals surface area contributed by atoms with Crippen molar-refractivity contribution in [2.75, 3.05) is 56.6 Å². The highest BCUT2D eigenvalue weighted by Crippen LogP contribution is 2.27. The number of rotatable bonds is 6. The molecule has 0 aliphatic carbocycles. The first-order chi connectivity index (χ1) is 12.9. The van der Waals surface area contributed by atoms with Gasteiger partial charge in [-0.05, 0) is 38.1 Å².